The van der Waals surface area contributed by atoms with E-state index in [1.807, 2.05) is 12.1 Å². The van der Waals surface area contributed by atoms with Gasteiger partial charge < -0.3 is 20.6 Å². The number of H-pyrrole nitrogens is 1. The number of thiophene rings is 1. The van der Waals surface area contributed by atoms with Crippen molar-refractivity contribution in [3.05, 3.63) is 68.8 Å². The number of hydrogen-bond donors (Lipinski definition) is 3. The fraction of sp³-hybridized carbons (Fsp3) is 0.0500. The molecule has 0 saturated carbocycles. The van der Waals surface area contributed by atoms with Gasteiger partial charge in [0, 0.05) is 0 Å². The standard InChI is InChI=1S/C20H15ClN2O3S/c1-10-15-17(24)16(19(25)23-20(15)27-18(10)21)11-5-4-6-12(9-11)26-14-8-3-2-7-13(14)22/h2-9H,22H2,1H3,(H2,23,24,25). The quantitative estimate of drug-likeness (QED) is 0.408. The van der Waals surface area contributed by atoms with E-state index in [1.54, 1.807) is 43.3 Å². The Bertz CT molecular complexity index is 1230. The molecule has 4 N–H and O–H groups in total. The Morgan fingerprint density at radius 1 is 1.19 bits per heavy atom. The molecule has 136 valence electrons. The highest BCUT2D eigenvalue weighted by Crippen LogP contribution is 2.41. The number of nitrogens with two attached hydrogens (primary N) is 1. The molecule has 7 heteroatoms. The normalized spacial score (nSPS) is 11.0. The second-order valence-corrected chi connectivity index (χ2v) is 7.67. The topological polar surface area (TPSA) is 88.3 Å². The first-order valence-corrected chi connectivity index (χ1v) is 9.32. The van der Waals surface area contributed by atoms with Crippen LogP contribution in [-0.4, -0.2) is 10.1 Å². The summed E-state index contributed by atoms with van der Waals surface area (Å²) in [4.78, 5) is 15.9. The number of benzene rings is 2. The highest BCUT2D eigenvalue weighted by molar-refractivity contribution is 7.22. The van der Waals surface area contributed by atoms with E-state index in [0.717, 1.165) is 5.56 Å². The minimum atomic E-state index is -0.394. The zero-order valence-corrected chi connectivity index (χ0v) is 15.8. The Hall–Kier alpha value is -2.96. The van der Waals surface area contributed by atoms with Gasteiger partial charge in [0.05, 0.1) is 21.0 Å². The lowest BCUT2D eigenvalue weighted by molar-refractivity contribution is 0.481. The number of fused-ring (bicyclic) bond motifs is 1. The number of aryl methyl sites for hydroxylation is 1. The number of ether oxygens (including phenoxy) is 1. The molecule has 0 saturated heterocycles. The van der Waals surface area contributed by atoms with Crippen LogP contribution < -0.4 is 16.0 Å². The van der Waals surface area contributed by atoms with Crippen LogP contribution in [0.5, 0.6) is 17.2 Å². The molecule has 0 fully saturated rings. The summed E-state index contributed by atoms with van der Waals surface area (Å²) in [6.07, 6.45) is 0. The molecule has 27 heavy (non-hydrogen) atoms. The zero-order chi connectivity index (χ0) is 19.1. The van der Waals surface area contributed by atoms with E-state index in [-0.39, 0.29) is 11.3 Å². The van der Waals surface area contributed by atoms with Gasteiger partial charge in [-0.2, -0.15) is 0 Å². The number of rotatable bonds is 3. The fourth-order valence-electron chi connectivity index (χ4n) is 2.94. The number of aromatic hydroxyl groups is 1. The number of anilines is 1. The van der Waals surface area contributed by atoms with Gasteiger partial charge in [0.2, 0.25) is 0 Å². The van der Waals surface area contributed by atoms with Gasteiger partial charge in [0.1, 0.15) is 22.1 Å². The highest BCUT2D eigenvalue weighted by Gasteiger charge is 2.19. The van der Waals surface area contributed by atoms with E-state index in [2.05, 4.69) is 4.98 Å². The van der Waals surface area contributed by atoms with Crippen LogP contribution in [0.2, 0.25) is 4.34 Å². The van der Waals surface area contributed by atoms with Crippen molar-refractivity contribution in [2.75, 3.05) is 5.73 Å². The molecule has 0 unspecified atom stereocenters. The molecule has 2 aromatic heterocycles. The predicted octanol–water partition coefficient (Wildman–Crippen LogP) is 5.30. The molecule has 4 aromatic rings. The fourth-order valence-corrected chi connectivity index (χ4v) is 4.20. The molecule has 0 bridgehead atoms. The number of nitrogens with one attached hydrogen (secondary N) is 1. The number of aromatic nitrogens is 1. The molecule has 0 amide bonds. The minimum Gasteiger partial charge on any atom is -0.506 e. The Labute approximate surface area is 163 Å². The van der Waals surface area contributed by atoms with Gasteiger partial charge in [-0.25, -0.2) is 0 Å². The van der Waals surface area contributed by atoms with Crippen molar-refractivity contribution in [1.82, 2.24) is 4.98 Å². The molecule has 0 aliphatic heterocycles. The Morgan fingerprint density at radius 3 is 2.74 bits per heavy atom. The maximum absolute atomic E-state index is 12.6. The molecule has 0 radical (unpaired) electrons. The molecule has 0 aliphatic carbocycles. The van der Waals surface area contributed by atoms with Crippen LogP contribution in [0.1, 0.15) is 5.56 Å². The van der Waals surface area contributed by atoms with E-state index < -0.39 is 5.56 Å². The molecular formula is C20H15ClN2O3S. The van der Waals surface area contributed by atoms with E-state index in [1.165, 1.54) is 11.3 Å². The van der Waals surface area contributed by atoms with Crippen LogP contribution in [0.25, 0.3) is 21.3 Å². The minimum absolute atomic E-state index is 0.0919. The number of aromatic amines is 1. The third-order valence-electron chi connectivity index (χ3n) is 4.29. The largest absolute Gasteiger partial charge is 0.506 e. The van der Waals surface area contributed by atoms with E-state index in [4.69, 9.17) is 22.1 Å². The molecule has 2 heterocycles. The van der Waals surface area contributed by atoms with Gasteiger partial charge >= 0.3 is 0 Å². The van der Waals surface area contributed by atoms with Crippen molar-refractivity contribution >= 4 is 38.8 Å². The van der Waals surface area contributed by atoms with Crippen LogP contribution >= 0.6 is 22.9 Å². The van der Waals surface area contributed by atoms with Crippen molar-refractivity contribution in [2.24, 2.45) is 0 Å². The van der Waals surface area contributed by atoms with Crippen molar-refractivity contribution in [3.8, 4) is 28.4 Å². The van der Waals surface area contributed by atoms with E-state index in [9.17, 15) is 9.90 Å². The van der Waals surface area contributed by atoms with Crippen LogP contribution in [0.3, 0.4) is 0 Å². The summed E-state index contributed by atoms with van der Waals surface area (Å²) in [5, 5.41) is 11.3. The molecule has 0 atom stereocenters. The molecule has 0 aliphatic rings. The van der Waals surface area contributed by atoms with Gasteiger partial charge in [-0.15, -0.1) is 11.3 Å². The lowest BCUT2D eigenvalue weighted by Crippen LogP contribution is -2.08. The van der Waals surface area contributed by atoms with Gasteiger partial charge in [0.25, 0.3) is 5.56 Å². The molecular weight excluding hydrogens is 384 g/mol. The second kappa shape index (κ2) is 6.64. The monoisotopic (exact) mass is 398 g/mol. The zero-order valence-electron chi connectivity index (χ0n) is 14.2. The van der Waals surface area contributed by atoms with Crippen LogP contribution in [0, 0.1) is 6.92 Å². The van der Waals surface area contributed by atoms with Crippen molar-refractivity contribution < 1.29 is 9.84 Å². The van der Waals surface area contributed by atoms with Crippen LogP contribution in [0.15, 0.2) is 53.3 Å². The van der Waals surface area contributed by atoms with Gasteiger partial charge in [0.15, 0.2) is 0 Å². The average molecular weight is 399 g/mol. The Morgan fingerprint density at radius 2 is 1.96 bits per heavy atom. The highest BCUT2D eigenvalue weighted by atomic mass is 35.5. The van der Waals surface area contributed by atoms with Crippen molar-refractivity contribution in [2.45, 2.75) is 6.92 Å². The summed E-state index contributed by atoms with van der Waals surface area (Å²) in [6, 6.07) is 14.1. The van der Waals surface area contributed by atoms with Gasteiger partial charge in [-0.05, 0) is 42.3 Å². The van der Waals surface area contributed by atoms with Crippen molar-refractivity contribution in [1.29, 1.82) is 0 Å². The maximum atomic E-state index is 12.6. The summed E-state index contributed by atoms with van der Waals surface area (Å²) in [5.74, 6) is 0.929. The third kappa shape index (κ3) is 3.03. The number of para-hydroxylation sites is 2. The van der Waals surface area contributed by atoms with Crippen LogP contribution in [0.4, 0.5) is 5.69 Å². The summed E-state index contributed by atoms with van der Waals surface area (Å²) in [6.45, 7) is 1.81. The summed E-state index contributed by atoms with van der Waals surface area (Å²) in [5.41, 5.74) is 7.47. The number of pyridine rings is 1. The van der Waals surface area contributed by atoms with E-state index in [0.29, 0.717) is 37.3 Å². The second-order valence-electron chi connectivity index (χ2n) is 6.05. The molecule has 0 spiro atoms. The lowest BCUT2D eigenvalue weighted by Gasteiger charge is -2.10. The first kappa shape index (κ1) is 17.5. The molecule has 4 rings (SSSR count). The third-order valence-corrected chi connectivity index (χ3v) is 5.80. The molecule has 5 nitrogen and oxygen atoms in total. The van der Waals surface area contributed by atoms with Crippen molar-refractivity contribution in [3.63, 3.8) is 0 Å². The molecule has 2 aromatic carbocycles. The van der Waals surface area contributed by atoms with Gasteiger partial charge in [-0.3, -0.25) is 4.79 Å². The number of halogens is 1. The summed E-state index contributed by atoms with van der Waals surface area (Å²) >= 11 is 7.39. The van der Waals surface area contributed by atoms with Crippen LogP contribution in [-0.2, 0) is 0 Å². The maximum Gasteiger partial charge on any atom is 0.260 e. The smallest absolute Gasteiger partial charge is 0.260 e. The Balaban J connectivity index is 1.84. The lowest BCUT2D eigenvalue weighted by atomic mass is 10.0. The number of nitrogen functional groups attached to an aromatic ring is 1. The first-order chi connectivity index (χ1) is 13.0. The van der Waals surface area contributed by atoms with Gasteiger partial charge in [-0.1, -0.05) is 35.9 Å². The average Bonchev–Trinajstić information content (AvgIpc) is 2.91. The van der Waals surface area contributed by atoms with E-state index >= 15 is 0 Å². The predicted molar refractivity (Wildman–Crippen MR) is 110 cm³/mol. The summed E-state index contributed by atoms with van der Waals surface area (Å²) in [7, 11) is 0. The number of hydrogen-bond acceptors (Lipinski definition) is 5. The SMILES string of the molecule is Cc1c(Cl)sc2[nH]c(=O)c(-c3cccc(Oc4ccccc4N)c3)c(O)c12. The summed E-state index contributed by atoms with van der Waals surface area (Å²) < 4.78 is 6.36. The Kier molecular flexibility index (Phi) is 4.30. The first-order valence-electron chi connectivity index (χ1n) is 8.12.